The summed E-state index contributed by atoms with van der Waals surface area (Å²) in [6, 6.07) is 0.745. The third-order valence-electron chi connectivity index (χ3n) is 3.92. The van der Waals surface area contributed by atoms with E-state index in [-0.39, 0.29) is 0 Å². The zero-order chi connectivity index (χ0) is 10.0. The van der Waals surface area contributed by atoms with Gasteiger partial charge in [0.25, 0.3) is 0 Å². The van der Waals surface area contributed by atoms with Gasteiger partial charge < -0.3 is 10.1 Å². The van der Waals surface area contributed by atoms with Crippen LogP contribution >= 0.6 is 0 Å². The number of nitrogens with one attached hydrogen (secondary N) is 1. The Morgan fingerprint density at radius 2 is 2.14 bits per heavy atom. The summed E-state index contributed by atoms with van der Waals surface area (Å²) in [7, 11) is 1.80. The molecule has 0 aromatic heterocycles. The predicted molar refractivity (Wildman–Crippen MR) is 58.3 cm³/mol. The van der Waals surface area contributed by atoms with Crippen LogP contribution in [-0.4, -0.2) is 26.3 Å². The van der Waals surface area contributed by atoms with Gasteiger partial charge in [-0.15, -0.1) is 0 Å². The first-order valence-electron chi connectivity index (χ1n) is 5.98. The minimum absolute atomic E-state index is 0.610. The second-order valence-electron chi connectivity index (χ2n) is 5.25. The van der Waals surface area contributed by atoms with Gasteiger partial charge in [0.15, 0.2) is 0 Å². The van der Waals surface area contributed by atoms with Crippen molar-refractivity contribution in [2.75, 3.05) is 20.3 Å². The first-order chi connectivity index (χ1) is 6.76. The van der Waals surface area contributed by atoms with Crippen LogP contribution in [0.5, 0.6) is 0 Å². The maximum absolute atomic E-state index is 5.16. The van der Waals surface area contributed by atoms with Crippen LogP contribution in [0.4, 0.5) is 0 Å². The first kappa shape index (κ1) is 10.4. The van der Waals surface area contributed by atoms with Crippen molar-refractivity contribution >= 4 is 0 Å². The van der Waals surface area contributed by atoms with Gasteiger partial charge >= 0.3 is 0 Å². The molecule has 0 amide bonds. The Labute approximate surface area is 87.4 Å². The lowest BCUT2D eigenvalue weighted by molar-refractivity contribution is 0.170. The summed E-state index contributed by atoms with van der Waals surface area (Å²) >= 11 is 0. The lowest BCUT2D eigenvalue weighted by atomic mass is 10.0. The van der Waals surface area contributed by atoms with Crippen LogP contribution in [0.3, 0.4) is 0 Å². The number of methoxy groups -OCH3 is 1. The van der Waals surface area contributed by atoms with E-state index in [0.717, 1.165) is 18.6 Å². The van der Waals surface area contributed by atoms with Crippen LogP contribution in [0.25, 0.3) is 0 Å². The fraction of sp³-hybridized carbons (Fsp3) is 1.00. The molecular weight excluding hydrogens is 174 g/mol. The standard InChI is InChI=1S/C12H23NO/c1-10(11-3-4-11)13-9-12(5-6-12)7-8-14-2/h10-11,13H,3-9H2,1-2H3. The molecule has 0 aromatic carbocycles. The Kier molecular flexibility index (Phi) is 3.13. The van der Waals surface area contributed by atoms with Crippen LogP contribution in [0.2, 0.25) is 0 Å². The van der Waals surface area contributed by atoms with E-state index in [1.54, 1.807) is 7.11 Å². The third-order valence-corrected chi connectivity index (χ3v) is 3.92. The molecular formula is C12H23NO. The van der Waals surface area contributed by atoms with Crippen molar-refractivity contribution in [2.45, 2.75) is 45.1 Å². The number of ether oxygens (including phenoxy) is 1. The quantitative estimate of drug-likeness (QED) is 0.675. The minimum Gasteiger partial charge on any atom is -0.385 e. The Hall–Kier alpha value is -0.0800. The summed E-state index contributed by atoms with van der Waals surface area (Å²) in [5.41, 5.74) is 0.610. The molecule has 2 heteroatoms. The van der Waals surface area contributed by atoms with Gasteiger partial charge in [0.05, 0.1) is 0 Å². The van der Waals surface area contributed by atoms with Crippen LogP contribution in [-0.2, 0) is 4.74 Å². The van der Waals surface area contributed by atoms with Crippen LogP contribution in [0.1, 0.15) is 39.0 Å². The SMILES string of the molecule is COCCC1(CNC(C)C2CC2)CC1. The fourth-order valence-corrected chi connectivity index (χ4v) is 2.15. The fourth-order valence-electron chi connectivity index (χ4n) is 2.15. The second kappa shape index (κ2) is 4.19. The maximum atomic E-state index is 5.16. The van der Waals surface area contributed by atoms with Crippen molar-refractivity contribution in [3.8, 4) is 0 Å². The highest BCUT2D eigenvalue weighted by molar-refractivity contribution is 4.96. The highest BCUT2D eigenvalue weighted by atomic mass is 16.5. The topological polar surface area (TPSA) is 21.3 Å². The van der Waals surface area contributed by atoms with E-state index in [1.807, 2.05) is 0 Å². The molecule has 2 rings (SSSR count). The average Bonchev–Trinajstić information content (AvgIpc) is 3.04. The Morgan fingerprint density at radius 1 is 1.43 bits per heavy atom. The molecule has 2 aliphatic rings. The first-order valence-corrected chi connectivity index (χ1v) is 5.98. The summed E-state index contributed by atoms with van der Waals surface area (Å²) in [6.07, 6.45) is 6.94. The number of rotatable bonds is 7. The summed E-state index contributed by atoms with van der Waals surface area (Å²) < 4.78 is 5.16. The van der Waals surface area contributed by atoms with E-state index >= 15 is 0 Å². The van der Waals surface area contributed by atoms with Crippen molar-refractivity contribution in [3.63, 3.8) is 0 Å². The molecule has 0 bridgehead atoms. The molecule has 0 spiro atoms. The third kappa shape index (κ3) is 2.71. The van der Waals surface area contributed by atoms with Gasteiger partial charge in [0.1, 0.15) is 0 Å². The van der Waals surface area contributed by atoms with E-state index < -0.39 is 0 Å². The number of hydrogen-bond donors (Lipinski definition) is 1. The van der Waals surface area contributed by atoms with Gasteiger partial charge in [0, 0.05) is 26.3 Å². The van der Waals surface area contributed by atoms with Gasteiger partial charge in [-0.2, -0.15) is 0 Å². The molecule has 0 aromatic rings. The molecule has 82 valence electrons. The summed E-state index contributed by atoms with van der Waals surface area (Å²) in [5, 5.41) is 3.70. The van der Waals surface area contributed by atoms with Gasteiger partial charge in [0.2, 0.25) is 0 Å². The molecule has 1 N–H and O–H groups in total. The molecule has 1 unspecified atom stereocenters. The average molecular weight is 197 g/mol. The zero-order valence-electron chi connectivity index (χ0n) is 9.51. The molecule has 2 fully saturated rings. The summed E-state index contributed by atoms with van der Waals surface area (Å²) in [5.74, 6) is 0.980. The number of hydrogen-bond acceptors (Lipinski definition) is 2. The van der Waals surface area contributed by atoms with Crippen LogP contribution in [0.15, 0.2) is 0 Å². The Morgan fingerprint density at radius 3 is 2.64 bits per heavy atom. The molecule has 14 heavy (non-hydrogen) atoms. The summed E-state index contributed by atoms with van der Waals surface area (Å²) in [4.78, 5) is 0. The van der Waals surface area contributed by atoms with Crippen LogP contribution < -0.4 is 5.32 Å². The highest BCUT2D eigenvalue weighted by Crippen LogP contribution is 2.48. The molecule has 0 aliphatic heterocycles. The van der Waals surface area contributed by atoms with E-state index in [1.165, 1.54) is 38.6 Å². The molecule has 2 nitrogen and oxygen atoms in total. The van der Waals surface area contributed by atoms with Crippen molar-refractivity contribution < 1.29 is 4.74 Å². The van der Waals surface area contributed by atoms with Crippen molar-refractivity contribution in [3.05, 3.63) is 0 Å². The molecule has 1 atom stereocenters. The predicted octanol–water partition coefficient (Wildman–Crippen LogP) is 2.19. The lowest BCUT2D eigenvalue weighted by Crippen LogP contribution is -2.33. The monoisotopic (exact) mass is 197 g/mol. The van der Waals surface area contributed by atoms with Crippen LogP contribution in [0, 0.1) is 11.3 Å². The van der Waals surface area contributed by atoms with Gasteiger partial charge in [-0.25, -0.2) is 0 Å². The maximum Gasteiger partial charge on any atom is 0.0468 e. The van der Waals surface area contributed by atoms with Gasteiger partial charge in [-0.3, -0.25) is 0 Å². The molecule has 0 heterocycles. The molecule has 0 saturated heterocycles. The molecule has 2 aliphatic carbocycles. The normalized spacial score (nSPS) is 26.1. The van der Waals surface area contributed by atoms with E-state index in [4.69, 9.17) is 4.74 Å². The Balaban J connectivity index is 1.63. The van der Waals surface area contributed by atoms with Gasteiger partial charge in [-0.1, -0.05) is 0 Å². The van der Waals surface area contributed by atoms with E-state index in [0.29, 0.717) is 5.41 Å². The minimum atomic E-state index is 0.610. The zero-order valence-corrected chi connectivity index (χ0v) is 9.51. The lowest BCUT2D eigenvalue weighted by Gasteiger charge is -2.19. The molecule has 2 saturated carbocycles. The largest absolute Gasteiger partial charge is 0.385 e. The summed E-state index contributed by atoms with van der Waals surface area (Å²) in [6.45, 7) is 4.48. The smallest absolute Gasteiger partial charge is 0.0468 e. The Bertz CT molecular complexity index is 185. The van der Waals surface area contributed by atoms with Crippen molar-refractivity contribution in [1.82, 2.24) is 5.32 Å². The van der Waals surface area contributed by atoms with E-state index in [2.05, 4.69) is 12.2 Å². The second-order valence-corrected chi connectivity index (χ2v) is 5.25. The highest BCUT2D eigenvalue weighted by Gasteiger charge is 2.42. The van der Waals surface area contributed by atoms with Crippen molar-refractivity contribution in [1.29, 1.82) is 0 Å². The van der Waals surface area contributed by atoms with Crippen molar-refractivity contribution in [2.24, 2.45) is 11.3 Å². The van der Waals surface area contributed by atoms with Gasteiger partial charge in [-0.05, 0) is 50.4 Å². The van der Waals surface area contributed by atoms with E-state index in [9.17, 15) is 0 Å². The molecule has 0 radical (unpaired) electrons.